The number of phenolic OH excluding ortho intramolecular Hbond substituents is 1. The van der Waals surface area contributed by atoms with Crippen LogP contribution in [-0.4, -0.2) is 17.9 Å². The molecule has 2 N–H and O–H groups in total. The Bertz CT molecular complexity index is 1050. The van der Waals surface area contributed by atoms with Gasteiger partial charge >= 0.3 is 0 Å². The molecule has 4 nitrogen and oxygen atoms in total. The van der Waals surface area contributed by atoms with Gasteiger partial charge in [-0.3, -0.25) is 10.3 Å². The molecule has 0 saturated carbocycles. The van der Waals surface area contributed by atoms with E-state index in [0.717, 1.165) is 32.6 Å². The Morgan fingerprint density at radius 1 is 1.10 bits per heavy atom. The largest absolute Gasteiger partial charge is 0.508 e. The summed E-state index contributed by atoms with van der Waals surface area (Å²) in [5.74, 6) is 1.04. The molecule has 1 heterocycles. The van der Waals surface area contributed by atoms with E-state index in [-0.39, 0.29) is 18.0 Å². The minimum atomic E-state index is -0.259. The topological polar surface area (TPSA) is 53.8 Å². The molecule has 1 aliphatic rings. The third-order valence-electron chi connectivity index (χ3n) is 5.00. The molecule has 2 atom stereocenters. The molecule has 3 aromatic rings. The fourth-order valence-corrected chi connectivity index (χ4v) is 4.01. The zero-order valence-electron chi connectivity index (χ0n) is 15.8. The number of nitrogens with zero attached hydrogens (tertiary/aromatic N) is 1. The molecule has 0 aliphatic carbocycles. The smallest absolute Gasteiger partial charge is 0.126 e. The maximum atomic E-state index is 10.5. The fourth-order valence-electron chi connectivity index (χ4n) is 3.50. The van der Waals surface area contributed by atoms with Crippen LogP contribution in [0.25, 0.3) is 0 Å². The molecule has 6 heteroatoms. The van der Waals surface area contributed by atoms with Crippen LogP contribution in [0.1, 0.15) is 35.3 Å². The van der Waals surface area contributed by atoms with Gasteiger partial charge in [0, 0.05) is 33.2 Å². The Hall–Kier alpha value is -2.34. The molecule has 0 amide bonds. The summed E-state index contributed by atoms with van der Waals surface area (Å²) in [7, 11) is 1.65. The molecule has 148 valence electrons. The van der Waals surface area contributed by atoms with Gasteiger partial charge < -0.3 is 9.84 Å². The fraction of sp³-hybridized carbons (Fsp3) is 0.174. The molecular weight excluding hydrogens is 452 g/mol. The van der Waals surface area contributed by atoms with Crippen molar-refractivity contribution in [3.63, 3.8) is 0 Å². The zero-order chi connectivity index (χ0) is 20.4. The molecule has 3 aromatic carbocycles. The summed E-state index contributed by atoms with van der Waals surface area (Å²) in [6.45, 7) is 0. The highest BCUT2D eigenvalue weighted by molar-refractivity contribution is 9.10. The van der Waals surface area contributed by atoms with Crippen molar-refractivity contribution in [2.45, 2.75) is 18.6 Å². The van der Waals surface area contributed by atoms with Crippen molar-refractivity contribution in [1.82, 2.24) is 5.32 Å². The number of methoxy groups -OCH3 is 1. The van der Waals surface area contributed by atoms with Crippen LogP contribution in [0.5, 0.6) is 11.5 Å². The van der Waals surface area contributed by atoms with Crippen molar-refractivity contribution in [2.24, 2.45) is 4.99 Å². The quantitative estimate of drug-likeness (QED) is 0.488. The SMILES string of the molecule is COc1cccc(C2=N[C@@H](c3ccc(Cl)cc3)N[C@@H](c3cc(Br)ccc3O)C2)c1. The highest BCUT2D eigenvalue weighted by Crippen LogP contribution is 2.36. The first-order valence-electron chi connectivity index (χ1n) is 9.24. The number of hydrogen-bond acceptors (Lipinski definition) is 4. The number of halogens is 2. The van der Waals surface area contributed by atoms with Crippen LogP contribution in [0.4, 0.5) is 0 Å². The summed E-state index contributed by atoms with van der Waals surface area (Å²) in [6.07, 6.45) is 0.381. The third-order valence-corrected chi connectivity index (χ3v) is 5.74. The summed E-state index contributed by atoms with van der Waals surface area (Å²) in [6, 6.07) is 20.9. The molecule has 4 rings (SSSR count). The summed E-state index contributed by atoms with van der Waals surface area (Å²) in [5, 5.41) is 14.7. The van der Waals surface area contributed by atoms with Gasteiger partial charge in [-0.05, 0) is 53.6 Å². The van der Waals surface area contributed by atoms with Crippen molar-refractivity contribution >= 4 is 33.2 Å². The number of phenols is 1. The average molecular weight is 472 g/mol. The summed E-state index contributed by atoms with van der Waals surface area (Å²) in [5.41, 5.74) is 3.79. The van der Waals surface area contributed by atoms with Gasteiger partial charge in [0.05, 0.1) is 7.11 Å². The van der Waals surface area contributed by atoms with Crippen molar-refractivity contribution < 1.29 is 9.84 Å². The van der Waals surface area contributed by atoms with E-state index in [4.69, 9.17) is 21.3 Å². The Morgan fingerprint density at radius 2 is 1.90 bits per heavy atom. The van der Waals surface area contributed by atoms with Gasteiger partial charge in [0.1, 0.15) is 17.7 Å². The second-order valence-corrected chi connectivity index (χ2v) is 8.24. The Morgan fingerprint density at radius 3 is 2.66 bits per heavy atom. The van der Waals surface area contributed by atoms with Gasteiger partial charge in [-0.15, -0.1) is 0 Å². The highest BCUT2D eigenvalue weighted by atomic mass is 79.9. The van der Waals surface area contributed by atoms with Crippen molar-refractivity contribution in [3.05, 3.63) is 92.9 Å². The first kappa shape index (κ1) is 20.0. The molecule has 29 heavy (non-hydrogen) atoms. The molecule has 0 saturated heterocycles. The number of aromatic hydroxyl groups is 1. The minimum Gasteiger partial charge on any atom is -0.508 e. The zero-order valence-corrected chi connectivity index (χ0v) is 18.1. The highest BCUT2D eigenvalue weighted by Gasteiger charge is 2.28. The normalized spacial score (nSPS) is 18.9. The molecule has 0 spiro atoms. The lowest BCUT2D eigenvalue weighted by molar-refractivity contribution is 0.410. The summed E-state index contributed by atoms with van der Waals surface area (Å²) >= 11 is 9.57. The van der Waals surface area contributed by atoms with Crippen LogP contribution in [0.15, 0.2) is 76.2 Å². The van der Waals surface area contributed by atoms with Crippen LogP contribution < -0.4 is 10.1 Å². The van der Waals surface area contributed by atoms with Crippen molar-refractivity contribution in [3.8, 4) is 11.5 Å². The van der Waals surface area contributed by atoms with Gasteiger partial charge in [0.2, 0.25) is 0 Å². The number of aliphatic imine (C=N–C) groups is 1. The summed E-state index contributed by atoms with van der Waals surface area (Å²) < 4.78 is 6.30. The molecule has 0 unspecified atom stereocenters. The standard InChI is InChI=1S/C23H20BrClN2O2/c1-29-18-4-2-3-15(11-18)20-13-21(19-12-16(24)7-10-22(19)28)27-23(26-20)14-5-8-17(25)9-6-14/h2-12,21,23,27-28H,13H2,1H3/t21-,23-/m1/s1. The molecule has 0 fully saturated rings. The lowest BCUT2D eigenvalue weighted by Gasteiger charge is -2.31. The van der Waals surface area contributed by atoms with E-state index in [9.17, 15) is 5.11 Å². The van der Waals surface area contributed by atoms with E-state index < -0.39 is 0 Å². The number of hydrogen-bond donors (Lipinski definition) is 2. The van der Waals surface area contributed by atoms with Crippen LogP contribution in [0.3, 0.4) is 0 Å². The Kier molecular flexibility index (Phi) is 5.90. The molecule has 0 aromatic heterocycles. The number of ether oxygens (including phenoxy) is 1. The van der Waals surface area contributed by atoms with E-state index in [1.54, 1.807) is 13.2 Å². The Balaban J connectivity index is 1.77. The summed E-state index contributed by atoms with van der Waals surface area (Å²) in [4.78, 5) is 4.97. The van der Waals surface area contributed by atoms with E-state index >= 15 is 0 Å². The van der Waals surface area contributed by atoms with E-state index in [2.05, 4.69) is 21.2 Å². The maximum absolute atomic E-state index is 10.5. The van der Waals surface area contributed by atoms with E-state index in [1.807, 2.05) is 60.7 Å². The van der Waals surface area contributed by atoms with Gasteiger partial charge in [-0.1, -0.05) is 51.8 Å². The van der Waals surface area contributed by atoms with Crippen LogP contribution in [0.2, 0.25) is 5.02 Å². The first-order valence-corrected chi connectivity index (χ1v) is 10.4. The number of rotatable bonds is 4. The number of benzene rings is 3. The Labute approximate surface area is 183 Å². The van der Waals surface area contributed by atoms with E-state index in [1.165, 1.54) is 0 Å². The number of nitrogens with one attached hydrogen (secondary N) is 1. The molecule has 1 aliphatic heterocycles. The molecule has 0 bridgehead atoms. The van der Waals surface area contributed by atoms with Gasteiger partial charge in [0.15, 0.2) is 0 Å². The molecular formula is C23H20BrClN2O2. The van der Waals surface area contributed by atoms with Crippen LogP contribution >= 0.6 is 27.5 Å². The lowest BCUT2D eigenvalue weighted by Crippen LogP contribution is -2.33. The molecule has 0 radical (unpaired) electrons. The van der Waals surface area contributed by atoms with Gasteiger partial charge in [-0.2, -0.15) is 0 Å². The average Bonchev–Trinajstić information content (AvgIpc) is 2.75. The lowest BCUT2D eigenvalue weighted by atomic mass is 9.93. The first-order chi connectivity index (χ1) is 14.0. The minimum absolute atomic E-state index is 0.105. The van der Waals surface area contributed by atoms with Crippen molar-refractivity contribution in [2.75, 3.05) is 7.11 Å². The van der Waals surface area contributed by atoms with Gasteiger partial charge in [-0.25, -0.2) is 0 Å². The van der Waals surface area contributed by atoms with Crippen LogP contribution in [0, 0.1) is 0 Å². The van der Waals surface area contributed by atoms with Crippen LogP contribution in [-0.2, 0) is 0 Å². The van der Waals surface area contributed by atoms with Crippen molar-refractivity contribution in [1.29, 1.82) is 0 Å². The second kappa shape index (κ2) is 8.57. The monoisotopic (exact) mass is 470 g/mol. The third kappa shape index (κ3) is 4.47. The van der Waals surface area contributed by atoms with Gasteiger partial charge in [0.25, 0.3) is 0 Å². The predicted octanol–water partition coefficient (Wildman–Crippen LogP) is 6.04. The second-order valence-electron chi connectivity index (χ2n) is 6.89. The maximum Gasteiger partial charge on any atom is 0.126 e. The predicted molar refractivity (Wildman–Crippen MR) is 120 cm³/mol. The van der Waals surface area contributed by atoms with E-state index in [0.29, 0.717) is 11.4 Å².